The standard InChI is InChI=1S/C23H31NO5/c1-17(15-28-21-10-6-7-13-27-21)11-12-18(2)22(25)24-20(16-29-23(24)26)14-19-8-4-3-5-9-19/h3-5,8-9,11,18,20-21H,6-7,10,12-16H2,1-2H3/b17-11-/t18-,20?,21?/m0/s1. The van der Waals surface area contributed by atoms with Crippen molar-refractivity contribution in [3.05, 3.63) is 47.5 Å². The molecule has 0 saturated carbocycles. The van der Waals surface area contributed by atoms with E-state index in [1.807, 2.05) is 50.3 Å². The van der Waals surface area contributed by atoms with Crippen LogP contribution in [0.15, 0.2) is 42.0 Å². The minimum absolute atomic E-state index is 0.121. The highest BCUT2D eigenvalue weighted by Crippen LogP contribution is 2.22. The molecule has 2 amide bonds. The van der Waals surface area contributed by atoms with Crippen molar-refractivity contribution in [2.24, 2.45) is 5.92 Å². The Morgan fingerprint density at radius 1 is 1.31 bits per heavy atom. The number of cyclic esters (lactones) is 1. The van der Waals surface area contributed by atoms with Gasteiger partial charge < -0.3 is 14.2 Å². The third-order valence-electron chi connectivity index (χ3n) is 5.39. The van der Waals surface area contributed by atoms with Crippen LogP contribution in [0.5, 0.6) is 0 Å². The van der Waals surface area contributed by atoms with Crippen LogP contribution < -0.4 is 0 Å². The van der Waals surface area contributed by atoms with Crippen LogP contribution in [0.25, 0.3) is 0 Å². The van der Waals surface area contributed by atoms with Crippen LogP contribution in [0.1, 0.15) is 45.1 Å². The zero-order chi connectivity index (χ0) is 20.6. The maximum Gasteiger partial charge on any atom is 0.416 e. The maximum atomic E-state index is 12.9. The Labute approximate surface area is 172 Å². The van der Waals surface area contributed by atoms with Crippen molar-refractivity contribution < 1.29 is 23.8 Å². The molecule has 1 aromatic carbocycles. The fourth-order valence-corrected chi connectivity index (χ4v) is 3.61. The van der Waals surface area contributed by atoms with Gasteiger partial charge in [0.1, 0.15) is 6.61 Å². The lowest BCUT2D eigenvalue weighted by atomic mass is 10.0. The lowest BCUT2D eigenvalue weighted by Gasteiger charge is -2.23. The number of rotatable bonds is 8. The molecule has 0 radical (unpaired) electrons. The van der Waals surface area contributed by atoms with Crippen molar-refractivity contribution in [2.75, 3.05) is 19.8 Å². The van der Waals surface area contributed by atoms with Crippen LogP contribution in [0.3, 0.4) is 0 Å². The molecule has 3 atom stereocenters. The lowest BCUT2D eigenvalue weighted by molar-refractivity contribution is -0.156. The molecule has 29 heavy (non-hydrogen) atoms. The predicted octanol–water partition coefficient (Wildman–Crippen LogP) is 4.09. The van der Waals surface area contributed by atoms with Crippen LogP contribution in [0.2, 0.25) is 0 Å². The average molecular weight is 402 g/mol. The maximum absolute atomic E-state index is 12.9. The van der Waals surface area contributed by atoms with Gasteiger partial charge in [0, 0.05) is 12.5 Å². The highest BCUT2D eigenvalue weighted by atomic mass is 16.7. The second kappa shape index (κ2) is 10.6. The van der Waals surface area contributed by atoms with E-state index in [1.54, 1.807) is 0 Å². The third-order valence-corrected chi connectivity index (χ3v) is 5.39. The Balaban J connectivity index is 1.51. The number of nitrogens with zero attached hydrogens (tertiary/aromatic N) is 1. The molecule has 0 aromatic heterocycles. The molecule has 3 rings (SSSR count). The molecule has 2 aliphatic rings. The van der Waals surface area contributed by atoms with E-state index in [9.17, 15) is 9.59 Å². The topological polar surface area (TPSA) is 65.1 Å². The Hall–Kier alpha value is -2.18. The van der Waals surface area contributed by atoms with E-state index in [1.165, 1.54) is 4.90 Å². The largest absolute Gasteiger partial charge is 0.447 e. The Bertz CT molecular complexity index is 711. The van der Waals surface area contributed by atoms with Gasteiger partial charge in [0.15, 0.2) is 6.29 Å². The van der Waals surface area contributed by atoms with Crippen molar-refractivity contribution in [3.63, 3.8) is 0 Å². The quantitative estimate of drug-likeness (QED) is 0.614. The first-order chi connectivity index (χ1) is 14.0. The van der Waals surface area contributed by atoms with E-state index in [0.29, 0.717) is 19.4 Å². The van der Waals surface area contributed by atoms with E-state index < -0.39 is 6.09 Å². The summed E-state index contributed by atoms with van der Waals surface area (Å²) in [6.07, 6.45) is 5.68. The molecular weight excluding hydrogens is 370 g/mol. The smallest absolute Gasteiger partial charge is 0.416 e. The summed E-state index contributed by atoms with van der Waals surface area (Å²) in [6.45, 7) is 5.34. The molecule has 0 N–H and O–H groups in total. The summed E-state index contributed by atoms with van der Waals surface area (Å²) in [6, 6.07) is 9.60. The molecular formula is C23H31NO5. The van der Waals surface area contributed by atoms with Crippen LogP contribution in [-0.4, -0.2) is 49.1 Å². The molecule has 2 heterocycles. The van der Waals surface area contributed by atoms with Gasteiger partial charge in [0.25, 0.3) is 0 Å². The number of allylic oxidation sites excluding steroid dienone is 1. The summed E-state index contributed by atoms with van der Waals surface area (Å²) < 4.78 is 16.5. The summed E-state index contributed by atoms with van der Waals surface area (Å²) in [5.41, 5.74) is 2.14. The zero-order valence-corrected chi connectivity index (χ0v) is 17.3. The SMILES string of the molecule is C/C(=C/C[C@H](C)C(=O)N1C(=O)OCC1Cc1ccccc1)COC1CCCCO1. The second-order valence-electron chi connectivity index (χ2n) is 7.92. The zero-order valence-electron chi connectivity index (χ0n) is 17.3. The number of ether oxygens (including phenoxy) is 3. The molecule has 6 nitrogen and oxygen atoms in total. The molecule has 2 fully saturated rings. The fraction of sp³-hybridized carbons (Fsp3) is 0.565. The van der Waals surface area contributed by atoms with Crippen LogP contribution in [-0.2, 0) is 25.4 Å². The fourth-order valence-electron chi connectivity index (χ4n) is 3.61. The minimum Gasteiger partial charge on any atom is -0.447 e. The van der Waals surface area contributed by atoms with Gasteiger partial charge in [-0.1, -0.05) is 48.9 Å². The minimum atomic E-state index is -0.540. The van der Waals surface area contributed by atoms with E-state index in [4.69, 9.17) is 14.2 Å². The number of benzene rings is 1. The summed E-state index contributed by atoms with van der Waals surface area (Å²) in [5, 5.41) is 0. The highest BCUT2D eigenvalue weighted by molar-refractivity contribution is 5.94. The first-order valence-electron chi connectivity index (χ1n) is 10.5. The van der Waals surface area contributed by atoms with Crippen LogP contribution in [0, 0.1) is 5.92 Å². The second-order valence-corrected chi connectivity index (χ2v) is 7.92. The van der Waals surface area contributed by atoms with Crippen molar-refractivity contribution in [1.82, 2.24) is 4.90 Å². The van der Waals surface area contributed by atoms with Gasteiger partial charge >= 0.3 is 6.09 Å². The number of hydrogen-bond acceptors (Lipinski definition) is 5. The lowest BCUT2D eigenvalue weighted by Crippen LogP contribution is -2.42. The van der Waals surface area contributed by atoms with Crippen molar-refractivity contribution in [3.8, 4) is 0 Å². The summed E-state index contributed by atoms with van der Waals surface area (Å²) in [4.78, 5) is 26.4. The van der Waals surface area contributed by atoms with Crippen LogP contribution >= 0.6 is 0 Å². The molecule has 0 aliphatic carbocycles. The van der Waals surface area contributed by atoms with Gasteiger partial charge in [-0.3, -0.25) is 4.79 Å². The predicted molar refractivity (Wildman–Crippen MR) is 109 cm³/mol. The summed E-state index contributed by atoms with van der Waals surface area (Å²) >= 11 is 0. The van der Waals surface area contributed by atoms with Gasteiger partial charge in [0.2, 0.25) is 5.91 Å². The molecule has 0 spiro atoms. The Morgan fingerprint density at radius 2 is 2.10 bits per heavy atom. The molecule has 158 valence electrons. The molecule has 2 saturated heterocycles. The molecule has 2 aliphatic heterocycles. The number of carbonyl (C=O) groups excluding carboxylic acids is 2. The molecule has 0 bridgehead atoms. The van der Waals surface area contributed by atoms with Crippen molar-refractivity contribution >= 4 is 12.0 Å². The normalized spacial score (nSPS) is 23.7. The first-order valence-corrected chi connectivity index (χ1v) is 10.5. The monoisotopic (exact) mass is 401 g/mol. The van der Waals surface area contributed by atoms with E-state index in [-0.39, 0.29) is 30.8 Å². The summed E-state index contributed by atoms with van der Waals surface area (Å²) in [7, 11) is 0. The Kier molecular flexibility index (Phi) is 7.83. The highest BCUT2D eigenvalue weighted by Gasteiger charge is 2.39. The van der Waals surface area contributed by atoms with Gasteiger partial charge in [-0.05, 0) is 44.6 Å². The molecule has 1 aromatic rings. The van der Waals surface area contributed by atoms with Crippen LogP contribution in [0.4, 0.5) is 4.79 Å². The van der Waals surface area contributed by atoms with Gasteiger partial charge in [0.05, 0.1) is 12.6 Å². The van der Waals surface area contributed by atoms with E-state index in [0.717, 1.165) is 37.0 Å². The van der Waals surface area contributed by atoms with Crippen molar-refractivity contribution in [2.45, 2.75) is 58.3 Å². The van der Waals surface area contributed by atoms with Gasteiger partial charge in [-0.25, -0.2) is 9.69 Å². The number of hydrogen-bond donors (Lipinski definition) is 0. The van der Waals surface area contributed by atoms with E-state index >= 15 is 0 Å². The van der Waals surface area contributed by atoms with Gasteiger partial charge in [-0.15, -0.1) is 0 Å². The summed E-state index contributed by atoms with van der Waals surface area (Å²) in [5.74, 6) is -0.492. The first kappa shape index (κ1) is 21.5. The van der Waals surface area contributed by atoms with Gasteiger partial charge in [-0.2, -0.15) is 0 Å². The number of amides is 2. The molecule has 6 heteroatoms. The molecule has 2 unspecified atom stereocenters. The van der Waals surface area contributed by atoms with E-state index in [2.05, 4.69) is 0 Å². The average Bonchev–Trinajstić information content (AvgIpc) is 3.11. The number of carbonyl (C=O) groups is 2. The van der Waals surface area contributed by atoms with Crippen molar-refractivity contribution in [1.29, 1.82) is 0 Å². The Morgan fingerprint density at radius 3 is 2.83 bits per heavy atom. The third kappa shape index (κ3) is 6.15. The number of imide groups is 1.